The summed E-state index contributed by atoms with van der Waals surface area (Å²) in [6.45, 7) is 1.89. The van der Waals surface area contributed by atoms with Gasteiger partial charge in [0.15, 0.2) is 0 Å². The number of pyridine rings is 3. The molecule has 3 heterocycles. The Kier molecular flexibility index (Phi) is 4.34. The molecule has 0 radical (unpaired) electrons. The molecular formula is C22H16N4O2. The van der Waals surface area contributed by atoms with Gasteiger partial charge in [-0.3, -0.25) is 4.79 Å². The van der Waals surface area contributed by atoms with Gasteiger partial charge in [0.2, 0.25) is 11.4 Å². The van der Waals surface area contributed by atoms with Crippen LogP contribution in [0.4, 0.5) is 0 Å². The Balaban J connectivity index is 2.08. The van der Waals surface area contributed by atoms with E-state index in [2.05, 4.69) is 16.0 Å². The van der Waals surface area contributed by atoms with Crippen molar-refractivity contribution in [2.75, 3.05) is 7.11 Å². The fourth-order valence-corrected chi connectivity index (χ4v) is 3.21. The molecule has 6 heteroatoms. The van der Waals surface area contributed by atoms with E-state index in [0.29, 0.717) is 22.8 Å². The molecule has 0 aliphatic heterocycles. The number of rotatable bonds is 3. The minimum absolute atomic E-state index is 0.216. The third kappa shape index (κ3) is 2.99. The molecule has 0 unspecified atom stereocenters. The number of nitrogens with one attached hydrogen (secondary N) is 1. The molecule has 1 N–H and O–H groups in total. The maximum absolute atomic E-state index is 11.8. The average molecular weight is 368 g/mol. The minimum Gasteiger partial charge on any atom is -0.481 e. The highest BCUT2D eigenvalue weighted by atomic mass is 16.5. The molecule has 0 fully saturated rings. The monoisotopic (exact) mass is 368 g/mol. The summed E-state index contributed by atoms with van der Waals surface area (Å²) < 4.78 is 5.26. The molecule has 1 aromatic carbocycles. The molecule has 0 spiro atoms. The first-order valence-corrected chi connectivity index (χ1v) is 8.65. The number of aromatic amines is 1. The summed E-state index contributed by atoms with van der Waals surface area (Å²) in [7, 11) is 1.57. The summed E-state index contributed by atoms with van der Waals surface area (Å²) in [4.78, 5) is 23.5. The number of hydrogen-bond donors (Lipinski definition) is 1. The zero-order valence-electron chi connectivity index (χ0n) is 15.4. The van der Waals surface area contributed by atoms with E-state index < -0.39 is 0 Å². The van der Waals surface area contributed by atoms with Gasteiger partial charge in [0.05, 0.1) is 24.4 Å². The Morgan fingerprint density at radius 1 is 1.11 bits per heavy atom. The van der Waals surface area contributed by atoms with Crippen LogP contribution in [0, 0.1) is 18.3 Å². The van der Waals surface area contributed by atoms with Crippen molar-refractivity contribution in [1.82, 2.24) is 15.0 Å². The van der Waals surface area contributed by atoms with Crippen LogP contribution in [0.3, 0.4) is 0 Å². The van der Waals surface area contributed by atoms with Gasteiger partial charge < -0.3 is 9.72 Å². The van der Waals surface area contributed by atoms with Crippen molar-refractivity contribution in [1.29, 1.82) is 5.26 Å². The lowest BCUT2D eigenvalue weighted by atomic mass is 9.94. The third-order valence-corrected chi connectivity index (χ3v) is 4.67. The van der Waals surface area contributed by atoms with Gasteiger partial charge in [-0.25, -0.2) is 9.97 Å². The molecule has 0 atom stereocenters. The number of methoxy groups -OCH3 is 1. The van der Waals surface area contributed by atoms with Gasteiger partial charge in [-0.1, -0.05) is 12.1 Å². The number of ether oxygens (including phenoxy) is 1. The molecule has 6 nitrogen and oxygen atoms in total. The Morgan fingerprint density at radius 3 is 2.75 bits per heavy atom. The zero-order chi connectivity index (χ0) is 19.7. The van der Waals surface area contributed by atoms with E-state index in [4.69, 9.17) is 9.72 Å². The molecule has 3 aromatic heterocycles. The molecule has 0 bridgehead atoms. The Morgan fingerprint density at radius 2 is 1.96 bits per heavy atom. The predicted molar refractivity (Wildman–Crippen MR) is 107 cm³/mol. The number of H-pyrrole nitrogens is 1. The number of aromatic nitrogens is 3. The summed E-state index contributed by atoms with van der Waals surface area (Å²) in [5, 5.41) is 10.2. The van der Waals surface area contributed by atoms with Crippen LogP contribution >= 0.6 is 0 Å². The SMILES string of the molecule is COc1cc(-c2cc3ccc(=O)[nH]c3nc2-c2cccc(C#N)c2C)ccn1. The lowest BCUT2D eigenvalue weighted by Crippen LogP contribution is -2.05. The quantitative estimate of drug-likeness (QED) is 0.593. The fourth-order valence-electron chi connectivity index (χ4n) is 3.21. The summed E-state index contributed by atoms with van der Waals surface area (Å²) in [5.74, 6) is 0.493. The van der Waals surface area contributed by atoms with Crippen molar-refractivity contribution in [3.8, 4) is 34.3 Å². The second-order valence-corrected chi connectivity index (χ2v) is 6.32. The van der Waals surface area contributed by atoms with Crippen LogP contribution < -0.4 is 10.3 Å². The highest BCUT2D eigenvalue weighted by molar-refractivity contribution is 5.91. The van der Waals surface area contributed by atoms with Crippen LogP contribution in [0.25, 0.3) is 33.4 Å². The van der Waals surface area contributed by atoms with Crippen molar-refractivity contribution in [3.63, 3.8) is 0 Å². The molecule has 0 aliphatic carbocycles. The highest BCUT2D eigenvalue weighted by Crippen LogP contribution is 2.35. The van der Waals surface area contributed by atoms with E-state index >= 15 is 0 Å². The molecule has 4 aromatic rings. The van der Waals surface area contributed by atoms with Crippen LogP contribution in [0.15, 0.2) is 59.5 Å². The number of fused-ring (bicyclic) bond motifs is 1. The van der Waals surface area contributed by atoms with E-state index in [0.717, 1.165) is 27.6 Å². The van der Waals surface area contributed by atoms with E-state index in [-0.39, 0.29) is 5.56 Å². The van der Waals surface area contributed by atoms with Crippen molar-refractivity contribution in [3.05, 3.63) is 76.2 Å². The van der Waals surface area contributed by atoms with Crippen LogP contribution in [0.2, 0.25) is 0 Å². The second kappa shape index (κ2) is 6.97. The maximum Gasteiger partial charge on any atom is 0.249 e. The van der Waals surface area contributed by atoms with Crippen LogP contribution in [-0.4, -0.2) is 22.1 Å². The summed E-state index contributed by atoms with van der Waals surface area (Å²) in [6, 6.07) is 16.6. The smallest absolute Gasteiger partial charge is 0.249 e. The lowest BCUT2D eigenvalue weighted by molar-refractivity contribution is 0.398. The Bertz CT molecular complexity index is 1300. The van der Waals surface area contributed by atoms with Crippen molar-refractivity contribution in [2.45, 2.75) is 6.92 Å². The van der Waals surface area contributed by atoms with Gasteiger partial charge in [-0.2, -0.15) is 5.26 Å². The number of benzene rings is 1. The molecule has 28 heavy (non-hydrogen) atoms. The first-order chi connectivity index (χ1) is 13.6. The summed E-state index contributed by atoms with van der Waals surface area (Å²) >= 11 is 0. The average Bonchev–Trinajstić information content (AvgIpc) is 2.73. The van der Waals surface area contributed by atoms with Gasteiger partial charge in [-0.05, 0) is 42.3 Å². The predicted octanol–water partition coefficient (Wildman–Crippen LogP) is 3.84. The van der Waals surface area contributed by atoms with Crippen molar-refractivity contribution < 1.29 is 4.74 Å². The number of nitriles is 1. The summed E-state index contributed by atoms with van der Waals surface area (Å²) in [5.41, 5.74) is 4.94. The van der Waals surface area contributed by atoms with Gasteiger partial charge in [0.1, 0.15) is 5.65 Å². The highest BCUT2D eigenvalue weighted by Gasteiger charge is 2.16. The first-order valence-electron chi connectivity index (χ1n) is 8.65. The number of nitrogens with zero attached hydrogens (tertiary/aromatic N) is 3. The van der Waals surface area contributed by atoms with Gasteiger partial charge in [0.25, 0.3) is 0 Å². The fraction of sp³-hybridized carbons (Fsp3) is 0.0909. The Labute approximate surface area is 161 Å². The lowest BCUT2D eigenvalue weighted by Gasteiger charge is -2.14. The van der Waals surface area contributed by atoms with Crippen LogP contribution in [0.5, 0.6) is 5.88 Å². The summed E-state index contributed by atoms with van der Waals surface area (Å²) in [6.07, 6.45) is 1.67. The molecule has 4 rings (SSSR count). The standard InChI is InChI=1S/C22H16N4O2/c1-13-16(12-23)4-3-5-17(13)21-18(14-8-9-24-20(11-14)28-2)10-15-6-7-19(27)25-22(15)26-21/h3-11H,1-2H3,(H,25,26,27). The van der Waals surface area contributed by atoms with Gasteiger partial charge in [-0.15, -0.1) is 0 Å². The van der Waals surface area contributed by atoms with Crippen LogP contribution in [-0.2, 0) is 0 Å². The molecule has 136 valence electrons. The Hall–Kier alpha value is -3.98. The third-order valence-electron chi connectivity index (χ3n) is 4.67. The van der Waals surface area contributed by atoms with E-state index in [1.807, 2.05) is 37.3 Å². The molecular weight excluding hydrogens is 352 g/mol. The number of hydrogen-bond acceptors (Lipinski definition) is 5. The second-order valence-electron chi connectivity index (χ2n) is 6.32. The topological polar surface area (TPSA) is 91.7 Å². The first kappa shape index (κ1) is 17.4. The van der Waals surface area contributed by atoms with Gasteiger partial charge >= 0.3 is 0 Å². The zero-order valence-corrected chi connectivity index (χ0v) is 15.4. The van der Waals surface area contributed by atoms with E-state index in [9.17, 15) is 10.1 Å². The van der Waals surface area contributed by atoms with Gasteiger partial charge in [0, 0.05) is 34.8 Å². The van der Waals surface area contributed by atoms with Crippen LogP contribution in [0.1, 0.15) is 11.1 Å². The van der Waals surface area contributed by atoms with Crippen molar-refractivity contribution in [2.24, 2.45) is 0 Å². The molecule has 0 saturated heterocycles. The van der Waals surface area contributed by atoms with E-state index in [1.54, 1.807) is 25.4 Å². The van der Waals surface area contributed by atoms with Crippen molar-refractivity contribution >= 4 is 11.0 Å². The normalized spacial score (nSPS) is 10.6. The molecule has 0 amide bonds. The van der Waals surface area contributed by atoms with E-state index in [1.165, 1.54) is 6.07 Å². The molecule has 0 saturated carbocycles. The largest absolute Gasteiger partial charge is 0.481 e. The minimum atomic E-state index is -0.216. The molecule has 0 aliphatic rings. The maximum atomic E-state index is 11.8.